The van der Waals surface area contributed by atoms with Crippen molar-refractivity contribution in [1.82, 2.24) is 19.7 Å². The van der Waals surface area contributed by atoms with Gasteiger partial charge in [-0.15, -0.1) is 0 Å². The number of anilines is 1. The standard InChI is InChI=1S/C17H18N6O3/c1-9(2)23-7-12(14(22-23)15(18)24)20-16(25)13-8-26-17(21-13)11-4-5-19-10(3)6-11/h4-9H,1-3H3,(H2,18,24)(H,20,25). The van der Waals surface area contributed by atoms with E-state index in [1.165, 1.54) is 6.26 Å². The van der Waals surface area contributed by atoms with Gasteiger partial charge in [0, 0.05) is 29.7 Å². The summed E-state index contributed by atoms with van der Waals surface area (Å²) in [5.74, 6) is -0.960. The van der Waals surface area contributed by atoms with Crippen molar-refractivity contribution >= 4 is 17.5 Å². The van der Waals surface area contributed by atoms with Crippen molar-refractivity contribution in [2.24, 2.45) is 5.73 Å². The van der Waals surface area contributed by atoms with Crippen molar-refractivity contribution in [3.8, 4) is 11.5 Å². The average molecular weight is 354 g/mol. The second-order valence-corrected chi connectivity index (χ2v) is 6.01. The van der Waals surface area contributed by atoms with E-state index in [9.17, 15) is 9.59 Å². The number of carbonyl (C=O) groups excluding carboxylic acids is 2. The van der Waals surface area contributed by atoms with Crippen LogP contribution in [0.4, 0.5) is 5.69 Å². The van der Waals surface area contributed by atoms with Crippen molar-refractivity contribution in [3.63, 3.8) is 0 Å². The normalized spacial score (nSPS) is 10.9. The molecular formula is C17H18N6O3. The van der Waals surface area contributed by atoms with E-state index in [1.807, 2.05) is 20.8 Å². The van der Waals surface area contributed by atoms with E-state index in [1.54, 1.807) is 29.2 Å². The molecule has 9 nitrogen and oxygen atoms in total. The minimum absolute atomic E-state index is 0.00679. The molecule has 3 aromatic rings. The molecule has 0 aliphatic carbocycles. The van der Waals surface area contributed by atoms with Crippen LogP contribution in [0.2, 0.25) is 0 Å². The Morgan fingerprint density at radius 3 is 2.77 bits per heavy atom. The van der Waals surface area contributed by atoms with Gasteiger partial charge in [0.05, 0.1) is 5.69 Å². The quantitative estimate of drug-likeness (QED) is 0.722. The molecule has 0 fully saturated rings. The predicted octanol–water partition coefficient (Wildman–Crippen LogP) is 2.17. The topological polar surface area (TPSA) is 129 Å². The molecule has 3 aromatic heterocycles. The lowest BCUT2D eigenvalue weighted by molar-refractivity contribution is 0.0995. The van der Waals surface area contributed by atoms with Crippen LogP contribution in [-0.4, -0.2) is 31.6 Å². The van der Waals surface area contributed by atoms with Gasteiger partial charge in [-0.1, -0.05) is 0 Å². The van der Waals surface area contributed by atoms with Gasteiger partial charge in [0.15, 0.2) is 11.4 Å². The maximum Gasteiger partial charge on any atom is 0.277 e. The van der Waals surface area contributed by atoms with Crippen LogP contribution in [0.1, 0.15) is 46.6 Å². The van der Waals surface area contributed by atoms with Crippen molar-refractivity contribution in [2.75, 3.05) is 5.32 Å². The predicted molar refractivity (Wildman–Crippen MR) is 93.6 cm³/mol. The molecule has 0 aliphatic rings. The van der Waals surface area contributed by atoms with Crippen molar-refractivity contribution in [3.05, 3.63) is 47.9 Å². The van der Waals surface area contributed by atoms with Gasteiger partial charge < -0.3 is 15.5 Å². The number of aromatic nitrogens is 4. The van der Waals surface area contributed by atoms with E-state index >= 15 is 0 Å². The van der Waals surface area contributed by atoms with Gasteiger partial charge in [-0.25, -0.2) is 4.98 Å². The Hall–Kier alpha value is -3.49. The number of nitrogens with two attached hydrogens (primary N) is 1. The summed E-state index contributed by atoms with van der Waals surface area (Å²) in [7, 11) is 0. The molecule has 26 heavy (non-hydrogen) atoms. The van der Waals surface area contributed by atoms with Crippen molar-refractivity contribution < 1.29 is 14.0 Å². The molecular weight excluding hydrogens is 336 g/mol. The smallest absolute Gasteiger partial charge is 0.277 e. The lowest BCUT2D eigenvalue weighted by atomic mass is 10.2. The average Bonchev–Trinajstić information content (AvgIpc) is 3.22. The Balaban J connectivity index is 1.84. The maximum atomic E-state index is 12.4. The zero-order chi connectivity index (χ0) is 18.8. The summed E-state index contributed by atoms with van der Waals surface area (Å²) >= 11 is 0. The highest BCUT2D eigenvalue weighted by atomic mass is 16.3. The SMILES string of the molecule is Cc1cc(-c2nc(C(=O)Nc3cn(C(C)C)nc3C(N)=O)co2)ccn1. The molecule has 0 unspecified atom stereocenters. The van der Waals surface area contributed by atoms with Gasteiger partial charge in [-0.2, -0.15) is 5.10 Å². The Morgan fingerprint density at radius 1 is 1.35 bits per heavy atom. The molecule has 3 N–H and O–H groups in total. The van der Waals surface area contributed by atoms with E-state index in [4.69, 9.17) is 10.2 Å². The second-order valence-electron chi connectivity index (χ2n) is 6.01. The Morgan fingerprint density at radius 2 is 2.12 bits per heavy atom. The van der Waals surface area contributed by atoms with E-state index < -0.39 is 11.8 Å². The number of rotatable bonds is 5. The second kappa shape index (κ2) is 6.79. The molecule has 0 spiro atoms. The number of hydrogen-bond donors (Lipinski definition) is 2. The summed E-state index contributed by atoms with van der Waals surface area (Å²) in [6.45, 7) is 5.63. The van der Waals surface area contributed by atoms with Gasteiger partial charge in [0.2, 0.25) is 5.89 Å². The molecule has 0 saturated heterocycles. The van der Waals surface area contributed by atoms with Crippen LogP contribution in [0.15, 0.2) is 35.2 Å². The maximum absolute atomic E-state index is 12.4. The molecule has 0 atom stereocenters. The first-order valence-corrected chi connectivity index (χ1v) is 7.94. The molecule has 0 aromatic carbocycles. The molecule has 3 rings (SSSR count). The fraction of sp³-hybridized carbons (Fsp3) is 0.235. The highest BCUT2D eigenvalue weighted by Gasteiger charge is 2.20. The third-order valence-electron chi connectivity index (χ3n) is 3.62. The summed E-state index contributed by atoms with van der Waals surface area (Å²) in [6.07, 6.45) is 4.43. The monoisotopic (exact) mass is 354 g/mol. The minimum atomic E-state index is -0.729. The third kappa shape index (κ3) is 3.46. The molecule has 0 radical (unpaired) electrons. The highest BCUT2D eigenvalue weighted by molar-refractivity contribution is 6.07. The number of oxazole rings is 1. The number of nitrogens with zero attached hydrogens (tertiary/aromatic N) is 4. The van der Waals surface area contributed by atoms with Gasteiger partial charge in [0.25, 0.3) is 11.8 Å². The van der Waals surface area contributed by atoms with Crippen molar-refractivity contribution in [1.29, 1.82) is 0 Å². The number of carbonyl (C=O) groups is 2. The molecule has 3 heterocycles. The van der Waals surface area contributed by atoms with E-state index in [0.29, 0.717) is 11.5 Å². The van der Waals surface area contributed by atoms with E-state index in [0.717, 1.165) is 5.69 Å². The number of aryl methyl sites for hydroxylation is 1. The summed E-state index contributed by atoms with van der Waals surface area (Å²) in [5.41, 5.74) is 7.13. The first-order chi connectivity index (χ1) is 12.3. The van der Waals surface area contributed by atoms with Gasteiger partial charge in [-0.05, 0) is 32.9 Å². The lowest BCUT2D eigenvalue weighted by Gasteiger charge is -2.03. The lowest BCUT2D eigenvalue weighted by Crippen LogP contribution is -2.18. The van der Waals surface area contributed by atoms with Crippen LogP contribution in [-0.2, 0) is 0 Å². The summed E-state index contributed by atoms with van der Waals surface area (Å²) in [4.78, 5) is 32.3. The Kier molecular flexibility index (Phi) is 4.53. The number of pyridine rings is 1. The largest absolute Gasteiger partial charge is 0.444 e. The fourth-order valence-electron chi connectivity index (χ4n) is 2.31. The number of primary amides is 1. The first-order valence-electron chi connectivity index (χ1n) is 7.94. The summed E-state index contributed by atoms with van der Waals surface area (Å²) in [6, 6.07) is 3.54. The van der Waals surface area contributed by atoms with Crippen LogP contribution in [0.5, 0.6) is 0 Å². The number of amides is 2. The van der Waals surface area contributed by atoms with Gasteiger partial charge in [-0.3, -0.25) is 19.3 Å². The van der Waals surface area contributed by atoms with Crippen LogP contribution in [0.25, 0.3) is 11.5 Å². The van der Waals surface area contributed by atoms with Crippen LogP contribution < -0.4 is 11.1 Å². The number of nitrogens with one attached hydrogen (secondary N) is 1. The Labute approximate surface area is 149 Å². The zero-order valence-corrected chi connectivity index (χ0v) is 14.6. The summed E-state index contributed by atoms with van der Waals surface area (Å²) < 4.78 is 6.92. The molecule has 0 saturated carbocycles. The molecule has 9 heteroatoms. The minimum Gasteiger partial charge on any atom is -0.444 e. The van der Waals surface area contributed by atoms with E-state index in [2.05, 4.69) is 20.4 Å². The van der Waals surface area contributed by atoms with E-state index in [-0.39, 0.29) is 23.1 Å². The number of hydrogen-bond acceptors (Lipinski definition) is 6. The fourth-order valence-corrected chi connectivity index (χ4v) is 2.31. The molecule has 0 bridgehead atoms. The first kappa shape index (κ1) is 17.3. The van der Waals surface area contributed by atoms with Crippen LogP contribution >= 0.6 is 0 Å². The molecule has 134 valence electrons. The third-order valence-corrected chi connectivity index (χ3v) is 3.62. The van der Waals surface area contributed by atoms with Gasteiger partial charge in [0.1, 0.15) is 6.26 Å². The van der Waals surface area contributed by atoms with Gasteiger partial charge >= 0.3 is 0 Å². The zero-order valence-electron chi connectivity index (χ0n) is 14.6. The molecule has 0 aliphatic heterocycles. The summed E-state index contributed by atoms with van der Waals surface area (Å²) in [5, 5.41) is 6.70. The Bertz CT molecular complexity index is 973. The van der Waals surface area contributed by atoms with Crippen LogP contribution in [0.3, 0.4) is 0 Å². The van der Waals surface area contributed by atoms with Crippen molar-refractivity contribution in [2.45, 2.75) is 26.8 Å². The highest BCUT2D eigenvalue weighted by Crippen LogP contribution is 2.21. The van der Waals surface area contributed by atoms with Crippen LogP contribution in [0, 0.1) is 6.92 Å². The molecule has 2 amide bonds.